The number of nitrogens with one attached hydrogen (secondary N) is 2. The molecule has 8 heteroatoms. The lowest BCUT2D eigenvalue weighted by molar-refractivity contribution is -0.121. The molecule has 0 bridgehead atoms. The Morgan fingerprint density at radius 1 is 1.07 bits per heavy atom. The summed E-state index contributed by atoms with van der Waals surface area (Å²) in [5.74, 6) is -0.848. The van der Waals surface area contributed by atoms with Crippen molar-refractivity contribution in [2.45, 2.75) is 44.7 Å². The SMILES string of the molecule is O=C(CCNC(=O)c1ccc2c(c1)C(=O)N(Cc1ccco1)C2=O)NC1CCCC1. The molecule has 30 heavy (non-hydrogen) atoms. The van der Waals surface area contributed by atoms with E-state index in [0.29, 0.717) is 5.76 Å². The van der Waals surface area contributed by atoms with Crippen molar-refractivity contribution >= 4 is 23.6 Å². The van der Waals surface area contributed by atoms with Crippen LogP contribution in [0, 0.1) is 0 Å². The Balaban J connectivity index is 1.34. The van der Waals surface area contributed by atoms with Crippen molar-refractivity contribution in [3.63, 3.8) is 0 Å². The third-order valence-electron chi connectivity index (χ3n) is 5.48. The van der Waals surface area contributed by atoms with Crippen LogP contribution in [0.3, 0.4) is 0 Å². The highest BCUT2D eigenvalue weighted by molar-refractivity contribution is 6.22. The highest BCUT2D eigenvalue weighted by Crippen LogP contribution is 2.26. The first kappa shape index (κ1) is 19.9. The molecule has 0 saturated heterocycles. The number of benzene rings is 1. The van der Waals surface area contributed by atoms with Crippen LogP contribution in [0.2, 0.25) is 0 Å². The molecule has 1 aliphatic carbocycles. The highest BCUT2D eigenvalue weighted by Gasteiger charge is 2.36. The van der Waals surface area contributed by atoms with Gasteiger partial charge in [0, 0.05) is 24.6 Å². The fourth-order valence-corrected chi connectivity index (χ4v) is 3.90. The number of amides is 4. The largest absolute Gasteiger partial charge is 0.467 e. The van der Waals surface area contributed by atoms with E-state index in [-0.39, 0.29) is 48.1 Å². The molecular weight excluding hydrogens is 386 g/mol. The van der Waals surface area contributed by atoms with E-state index in [1.807, 2.05) is 0 Å². The van der Waals surface area contributed by atoms with Crippen molar-refractivity contribution in [3.05, 3.63) is 59.0 Å². The van der Waals surface area contributed by atoms with Crippen molar-refractivity contribution in [3.8, 4) is 0 Å². The quantitative estimate of drug-likeness (QED) is 0.682. The van der Waals surface area contributed by atoms with Crippen molar-refractivity contribution in [1.82, 2.24) is 15.5 Å². The Morgan fingerprint density at radius 3 is 2.57 bits per heavy atom. The van der Waals surface area contributed by atoms with Crippen LogP contribution in [0.5, 0.6) is 0 Å². The van der Waals surface area contributed by atoms with E-state index in [1.165, 1.54) is 24.5 Å². The second-order valence-corrected chi connectivity index (χ2v) is 7.59. The molecule has 156 valence electrons. The molecule has 8 nitrogen and oxygen atoms in total. The number of carbonyl (C=O) groups excluding carboxylic acids is 4. The van der Waals surface area contributed by atoms with Gasteiger partial charge in [-0.15, -0.1) is 0 Å². The number of fused-ring (bicyclic) bond motifs is 1. The van der Waals surface area contributed by atoms with Crippen LogP contribution in [0.25, 0.3) is 0 Å². The van der Waals surface area contributed by atoms with Gasteiger partial charge < -0.3 is 15.1 Å². The molecule has 2 aliphatic rings. The molecule has 2 heterocycles. The standard InChI is InChI=1S/C22H23N3O5/c26-19(24-15-4-1-2-5-15)9-10-23-20(27)14-7-8-17-18(12-14)22(29)25(21(17)28)13-16-6-3-11-30-16/h3,6-8,11-12,15H,1-2,4-5,9-10,13H2,(H,23,27)(H,24,26). The van der Waals surface area contributed by atoms with E-state index >= 15 is 0 Å². The Kier molecular flexibility index (Phi) is 5.65. The average molecular weight is 409 g/mol. The van der Waals surface area contributed by atoms with E-state index in [4.69, 9.17) is 4.42 Å². The molecule has 1 aliphatic heterocycles. The van der Waals surface area contributed by atoms with Crippen molar-refractivity contribution < 1.29 is 23.6 Å². The number of carbonyl (C=O) groups is 4. The van der Waals surface area contributed by atoms with Crippen molar-refractivity contribution in [1.29, 1.82) is 0 Å². The summed E-state index contributed by atoms with van der Waals surface area (Å²) in [5.41, 5.74) is 0.725. The predicted octanol–water partition coefficient (Wildman–Crippen LogP) is 2.25. The van der Waals surface area contributed by atoms with Gasteiger partial charge in [0.15, 0.2) is 0 Å². The molecule has 1 aromatic heterocycles. The predicted molar refractivity (Wildman–Crippen MR) is 107 cm³/mol. The van der Waals surface area contributed by atoms with E-state index in [0.717, 1.165) is 30.6 Å². The zero-order valence-electron chi connectivity index (χ0n) is 16.5. The molecule has 0 atom stereocenters. The van der Waals surface area contributed by atoms with Crippen LogP contribution in [0.4, 0.5) is 0 Å². The van der Waals surface area contributed by atoms with Gasteiger partial charge >= 0.3 is 0 Å². The third kappa shape index (κ3) is 4.12. The fourth-order valence-electron chi connectivity index (χ4n) is 3.90. The number of rotatable bonds is 7. The molecule has 1 fully saturated rings. The second kappa shape index (κ2) is 8.52. The summed E-state index contributed by atoms with van der Waals surface area (Å²) in [4.78, 5) is 50.7. The molecule has 0 radical (unpaired) electrons. The zero-order valence-corrected chi connectivity index (χ0v) is 16.5. The Hall–Kier alpha value is -3.42. The number of hydrogen-bond donors (Lipinski definition) is 2. The molecule has 1 saturated carbocycles. The van der Waals surface area contributed by atoms with Gasteiger partial charge in [-0.05, 0) is 43.2 Å². The summed E-state index contributed by atoms with van der Waals surface area (Å²) in [6.45, 7) is 0.239. The summed E-state index contributed by atoms with van der Waals surface area (Å²) in [6.07, 6.45) is 5.97. The van der Waals surface area contributed by atoms with Crippen LogP contribution in [-0.4, -0.2) is 41.1 Å². The number of nitrogens with zero attached hydrogens (tertiary/aromatic N) is 1. The van der Waals surface area contributed by atoms with Crippen LogP contribution in [0.15, 0.2) is 41.0 Å². The molecule has 1 aromatic carbocycles. The summed E-state index contributed by atoms with van der Waals surface area (Å²) < 4.78 is 5.22. The minimum atomic E-state index is -0.461. The first-order chi connectivity index (χ1) is 14.5. The maximum absolute atomic E-state index is 12.7. The lowest BCUT2D eigenvalue weighted by Crippen LogP contribution is -2.35. The first-order valence-corrected chi connectivity index (χ1v) is 10.1. The summed E-state index contributed by atoms with van der Waals surface area (Å²) in [7, 11) is 0. The lowest BCUT2D eigenvalue weighted by atomic mass is 10.1. The Labute approximate surface area is 173 Å². The van der Waals surface area contributed by atoms with Crippen LogP contribution < -0.4 is 10.6 Å². The van der Waals surface area contributed by atoms with Gasteiger partial charge in [0.05, 0.1) is 23.9 Å². The third-order valence-corrected chi connectivity index (χ3v) is 5.48. The van der Waals surface area contributed by atoms with E-state index < -0.39 is 17.7 Å². The molecule has 2 aromatic rings. The van der Waals surface area contributed by atoms with Crippen LogP contribution in [0.1, 0.15) is 68.9 Å². The fraction of sp³-hybridized carbons (Fsp3) is 0.364. The number of hydrogen-bond acceptors (Lipinski definition) is 5. The van der Waals surface area contributed by atoms with Crippen LogP contribution >= 0.6 is 0 Å². The second-order valence-electron chi connectivity index (χ2n) is 7.59. The maximum atomic E-state index is 12.7. The van der Waals surface area contributed by atoms with Gasteiger partial charge in [0.2, 0.25) is 5.91 Å². The normalized spacial score (nSPS) is 16.1. The topological polar surface area (TPSA) is 109 Å². The zero-order chi connectivity index (χ0) is 21.1. The summed E-state index contributed by atoms with van der Waals surface area (Å²) in [6, 6.07) is 8.03. The van der Waals surface area contributed by atoms with E-state index in [1.54, 1.807) is 12.1 Å². The first-order valence-electron chi connectivity index (χ1n) is 10.1. The Morgan fingerprint density at radius 2 is 1.83 bits per heavy atom. The van der Waals surface area contributed by atoms with Gasteiger partial charge in [-0.2, -0.15) is 0 Å². The highest BCUT2D eigenvalue weighted by atomic mass is 16.3. The number of imide groups is 1. The minimum Gasteiger partial charge on any atom is -0.467 e. The maximum Gasteiger partial charge on any atom is 0.261 e. The molecule has 4 amide bonds. The molecule has 4 rings (SSSR count). The van der Waals surface area contributed by atoms with Gasteiger partial charge in [-0.3, -0.25) is 24.1 Å². The average Bonchev–Trinajstić information content (AvgIpc) is 3.48. The molecule has 0 unspecified atom stereocenters. The van der Waals surface area contributed by atoms with Crippen molar-refractivity contribution in [2.75, 3.05) is 6.54 Å². The number of furan rings is 1. The van der Waals surface area contributed by atoms with E-state index in [2.05, 4.69) is 10.6 Å². The Bertz CT molecular complexity index is 977. The summed E-state index contributed by atoms with van der Waals surface area (Å²) in [5, 5.41) is 5.67. The molecule has 2 N–H and O–H groups in total. The smallest absolute Gasteiger partial charge is 0.261 e. The lowest BCUT2D eigenvalue weighted by Gasteiger charge is -2.12. The van der Waals surface area contributed by atoms with E-state index in [9.17, 15) is 19.2 Å². The van der Waals surface area contributed by atoms with Gasteiger partial charge in [-0.25, -0.2) is 0 Å². The van der Waals surface area contributed by atoms with Gasteiger partial charge in [0.25, 0.3) is 17.7 Å². The van der Waals surface area contributed by atoms with Crippen LogP contribution in [-0.2, 0) is 11.3 Å². The summed E-state index contributed by atoms with van der Waals surface area (Å²) >= 11 is 0. The monoisotopic (exact) mass is 409 g/mol. The minimum absolute atomic E-state index is 0.0387. The van der Waals surface area contributed by atoms with Crippen molar-refractivity contribution in [2.24, 2.45) is 0 Å². The molecular formula is C22H23N3O5. The van der Waals surface area contributed by atoms with Gasteiger partial charge in [0.1, 0.15) is 5.76 Å². The van der Waals surface area contributed by atoms with Gasteiger partial charge in [-0.1, -0.05) is 12.8 Å². The molecule has 0 spiro atoms.